The summed E-state index contributed by atoms with van der Waals surface area (Å²) < 4.78 is 10.3. The second kappa shape index (κ2) is 6.37. The predicted molar refractivity (Wildman–Crippen MR) is 115 cm³/mol. The van der Waals surface area contributed by atoms with E-state index in [9.17, 15) is 4.79 Å². The molecule has 0 bridgehead atoms. The Morgan fingerprint density at radius 3 is 2.44 bits per heavy atom. The molecule has 4 aromatic rings. The fraction of sp³-hybridized carbons (Fsp3) is 0.238. The number of rotatable bonds is 2. The van der Waals surface area contributed by atoms with Crippen molar-refractivity contribution in [2.24, 2.45) is 0 Å². The van der Waals surface area contributed by atoms with Gasteiger partial charge in [-0.25, -0.2) is 9.78 Å². The maximum Gasteiger partial charge on any atom is 0.339 e. The number of carbonyl (C=O) groups excluding carboxylic acids is 1. The Morgan fingerprint density at radius 1 is 1.11 bits per heavy atom. The number of pyridine rings is 1. The van der Waals surface area contributed by atoms with Gasteiger partial charge in [-0.1, -0.05) is 30.3 Å². The Hall–Kier alpha value is -2.35. The molecule has 0 unspecified atom stereocenters. The number of halogens is 1. The van der Waals surface area contributed by atoms with Crippen molar-refractivity contribution in [2.75, 3.05) is 7.11 Å². The zero-order valence-corrected chi connectivity index (χ0v) is 17.8. The normalized spacial score (nSPS) is 12.0. The van der Waals surface area contributed by atoms with Gasteiger partial charge < -0.3 is 9.30 Å². The second-order valence-electron chi connectivity index (χ2n) is 7.46. The molecule has 0 saturated heterocycles. The van der Waals surface area contributed by atoms with E-state index in [1.807, 2.05) is 34.9 Å². The van der Waals surface area contributed by atoms with Crippen LogP contribution in [0.15, 0.2) is 48.7 Å². The zero-order valence-electron chi connectivity index (χ0n) is 15.7. The highest BCUT2D eigenvalue weighted by atomic mass is 127. The monoisotopic (exact) mass is 473 g/mol. The number of hydrogen-bond donors (Lipinski definition) is 0. The van der Waals surface area contributed by atoms with Crippen molar-refractivity contribution >= 4 is 45.4 Å². The number of fused-ring (bicyclic) bond motifs is 3. The fourth-order valence-electron chi connectivity index (χ4n) is 3.45. The lowest BCUT2D eigenvalue weighted by Crippen LogP contribution is -2.23. The zero-order chi connectivity index (χ0) is 19.3. The van der Waals surface area contributed by atoms with Gasteiger partial charge in [0.15, 0.2) is 0 Å². The average Bonchev–Trinajstić information content (AvgIpc) is 3.16. The molecule has 0 saturated carbocycles. The van der Waals surface area contributed by atoms with Crippen molar-refractivity contribution < 1.29 is 9.53 Å². The summed E-state index contributed by atoms with van der Waals surface area (Å²) in [5, 5.41) is 0. The smallest absolute Gasteiger partial charge is 0.339 e. The molecule has 5 nitrogen and oxygen atoms in total. The highest BCUT2D eigenvalue weighted by Gasteiger charge is 2.28. The molecular weight excluding hydrogens is 453 g/mol. The highest BCUT2D eigenvalue weighted by Crippen LogP contribution is 2.39. The summed E-state index contributed by atoms with van der Waals surface area (Å²) in [6, 6.07) is 14.0. The maximum absolute atomic E-state index is 12.0. The Balaban J connectivity index is 2.14. The molecule has 0 spiro atoms. The van der Waals surface area contributed by atoms with Crippen molar-refractivity contribution in [1.82, 2.24) is 14.0 Å². The van der Waals surface area contributed by atoms with Crippen LogP contribution in [0.1, 0.15) is 31.1 Å². The number of hydrogen-bond acceptors (Lipinski definition) is 3. The van der Waals surface area contributed by atoms with Crippen LogP contribution >= 0.6 is 22.6 Å². The lowest BCUT2D eigenvalue weighted by molar-refractivity contribution is 0.0600. The van der Waals surface area contributed by atoms with Crippen LogP contribution in [0.3, 0.4) is 0 Å². The van der Waals surface area contributed by atoms with Crippen LogP contribution in [0, 0.1) is 3.57 Å². The maximum atomic E-state index is 12.0. The minimum atomic E-state index is -0.356. The van der Waals surface area contributed by atoms with Gasteiger partial charge >= 0.3 is 5.97 Å². The molecule has 0 N–H and O–H groups in total. The summed E-state index contributed by atoms with van der Waals surface area (Å²) in [7, 11) is 1.39. The fourth-order valence-corrected chi connectivity index (χ4v) is 4.37. The summed E-state index contributed by atoms with van der Waals surface area (Å²) in [5.41, 5.74) is 5.33. The number of aromatic nitrogens is 3. The van der Waals surface area contributed by atoms with E-state index in [4.69, 9.17) is 9.72 Å². The molecule has 138 valence electrons. The summed E-state index contributed by atoms with van der Waals surface area (Å²) in [6.07, 6.45) is 1.81. The van der Waals surface area contributed by atoms with Gasteiger partial charge in [-0.05, 0) is 61.1 Å². The molecule has 0 aliphatic carbocycles. The third-order valence-electron chi connectivity index (χ3n) is 4.58. The SMILES string of the molecule is COC(=O)c1ccc2nc3c(I)c(-c4ccccc4)n(C(C)(C)C)c3n2c1. The molecule has 4 rings (SSSR count). The number of nitrogens with zero attached hydrogens (tertiary/aromatic N) is 3. The van der Waals surface area contributed by atoms with Gasteiger partial charge in [-0.15, -0.1) is 0 Å². The van der Waals surface area contributed by atoms with Gasteiger partial charge in [0.05, 0.1) is 21.9 Å². The van der Waals surface area contributed by atoms with Gasteiger partial charge in [-0.2, -0.15) is 0 Å². The van der Waals surface area contributed by atoms with E-state index in [1.54, 1.807) is 6.07 Å². The molecule has 0 atom stereocenters. The summed E-state index contributed by atoms with van der Waals surface area (Å²) in [5.74, 6) is -0.356. The number of benzene rings is 1. The van der Waals surface area contributed by atoms with Crippen molar-refractivity contribution in [2.45, 2.75) is 26.3 Å². The van der Waals surface area contributed by atoms with Crippen molar-refractivity contribution in [3.8, 4) is 11.3 Å². The van der Waals surface area contributed by atoms with E-state index >= 15 is 0 Å². The first-order chi connectivity index (χ1) is 12.8. The van der Waals surface area contributed by atoms with Gasteiger partial charge in [0.1, 0.15) is 16.8 Å². The second-order valence-corrected chi connectivity index (χ2v) is 8.54. The number of carbonyl (C=O) groups is 1. The molecular formula is C21H20IN3O2. The quantitative estimate of drug-likeness (QED) is 0.301. The lowest BCUT2D eigenvalue weighted by Gasteiger charge is -2.26. The van der Waals surface area contributed by atoms with Crippen LogP contribution in [0.25, 0.3) is 28.1 Å². The van der Waals surface area contributed by atoms with E-state index in [0.717, 1.165) is 31.6 Å². The van der Waals surface area contributed by atoms with E-state index in [1.165, 1.54) is 7.11 Å². The molecule has 0 aliphatic rings. The molecule has 0 fully saturated rings. The Morgan fingerprint density at radius 2 is 1.81 bits per heavy atom. The van der Waals surface area contributed by atoms with Crippen molar-refractivity contribution in [1.29, 1.82) is 0 Å². The van der Waals surface area contributed by atoms with E-state index in [2.05, 4.69) is 60.1 Å². The van der Waals surface area contributed by atoms with Crippen LogP contribution in [0.2, 0.25) is 0 Å². The van der Waals surface area contributed by atoms with Gasteiger partial charge in [0.25, 0.3) is 0 Å². The number of methoxy groups -OCH3 is 1. The van der Waals surface area contributed by atoms with Gasteiger partial charge in [0.2, 0.25) is 0 Å². The molecule has 3 aromatic heterocycles. The van der Waals surface area contributed by atoms with Crippen LogP contribution < -0.4 is 0 Å². The largest absolute Gasteiger partial charge is 0.465 e. The molecule has 0 radical (unpaired) electrons. The molecule has 3 heterocycles. The first kappa shape index (κ1) is 18.0. The van der Waals surface area contributed by atoms with Crippen molar-refractivity contribution in [3.63, 3.8) is 0 Å². The molecule has 6 heteroatoms. The average molecular weight is 473 g/mol. The van der Waals surface area contributed by atoms with Crippen LogP contribution in [0.4, 0.5) is 0 Å². The Labute approximate surface area is 171 Å². The standard InChI is InChI=1S/C21H20IN3O2/c1-21(2,3)25-18(13-8-6-5-7-9-13)16(22)17-19(25)24-12-14(20(26)27-4)10-11-15(24)23-17/h5-12H,1-4H3. The third-order valence-corrected chi connectivity index (χ3v) is 5.61. The minimum Gasteiger partial charge on any atom is -0.465 e. The van der Waals surface area contributed by atoms with Crippen LogP contribution in [0.5, 0.6) is 0 Å². The minimum absolute atomic E-state index is 0.177. The number of esters is 1. The van der Waals surface area contributed by atoms with Crippen molar-refractivity contribution in [3.05, 3.63) is 57.8 Å². The molecule has 0 aliphatic heterocycles. The van der Waals surface area contributed by atoms with E-state index in [0.29, 0.717) is 5.56 Å². The number of ether oxygens (including phenoxy) is 1. The molecule has 1 aromatic carbocycles. The van der Waals surface area contributed by atoms with E-state index in [-0.39, 0.29) is 11.5 Å². The first-order valence-electron chi connectivity index (χ1n) is 8.69. The first-order valence-corrected chi connectivity index (χ1v) is 9.77. The summed E-state index contributed by atoms with van der Waals surface area (Å²) >= 11 is 2.38. The van der Waals surface area contributed by atoms with Crippen LogP contribution in [-0.4, -0.2) is 27.0 Å². The summed E-state index contributed by atoms with van der Waals surface area (Å²) in [4.78, 5) is 16.9. The van der Waals surface area contributed by atoms with Gasteiger partial charge in [-0.3, -0.25) is 4.40 Å². The lowest BCUT2D eigenvalue weighted by atomic mass is 10.1. The molecule has 0 amide bonds. The highest BCUT2D eigenvalue weighted by molar-refractivity contribution is 14.1. The molecule has 27 heavy (non-hydrogen) atoms. The Kier molecular flexibility index (Phi) is 4.25. The van der Waals surface area contributed by atoms with Gasteiger partial charge in [0, 0.05) is 11.7 Å². The third kappa shape index (κ3) is 2.82. The van der Waals surface area contributed by atoms with E-state index < -0.39 is 0 Å². The Bertz CT molecular complexity index is 1170. The predicted octanol–water partition coefficient (Wildman–Crippen LogP) is 5.10. The topological polar surface area (TPSA) is 48.5 Å². The number of imidazole rings is 1. The van der Waals surface area contributed by atoms with Crippen LogP contribution in [-0.2, 0) is 10.3 Å². The summed E-state index contributed by atoms with van der Waals surface area (Å²) in [6.45, 7) is 6.54.